The van der Waals surface area contributed by atoms with Crippen LogP contribution in [-0.2, 0) is 9.59 Å². The number of anilines is 1. The number of allylic oxidation sites excluding steroid dienone is 1. The Morgan fingerprint density at radius 1 is 1.41 bits per heavy atom. The van der Waals surface area contributed by atoms with E-state index >= 15 is 0 Å². The van der Waals surface area contributed by atoms with Gasteiger partial charge in [-0.25, -0.2) is 0 Å². The number of β-lactam (4-membered cyclic amide) rings is 1. The summed E-state index contributed by atoms with van der Waals surface area (Å²) in [5.74, 6) is -0.151. The van der Waals surface area contributed by atoms with E-state index < -0.39 is 0 Å². The molecule has 1 amide bonds. The number of rotatable bonds is 2. The molecule has 1 fully saturated rings. The van der Waals surface area contributed by atoms with Crippen molar-refractivity contribution in [2.45, 2.75) is 26.8 Å². The van der Waals surface area contributed by atoms with Crippen LogP contribution in [0, 0.1) is 6.92 Å². The summed E-state index contributed by atoms with van der Waals surface area (Å²) in [6, 6.07) is 7.78. The van der Waals surface area contributed by atoms with E-state index in [1.54, 1.807) is 4.90 Å². The number of hydrogen-bond donors (Lipinski definition) is 0. The van der Waals surface area contributed by atoms with E-state index in [1.807, 2.05) is 38.1 Å². The van der Waals surface area contributed by atoms with Crippen molar-refractivity contribution in [3.05, 3.63) is 41.5 Å². The highest BCUT2D eigenvalue weighted by molar-refractivity contribution is 6.17. The van der Waals surface area contributed by atoms with Gasteiger partial charge >= 0.3 is 0 Å². The first-order valence-electron chi connectivity index (χ1n) is 5.63. The summed E-state index contributed by atoms with van der Waals surface area (Å²) >= 11 is 0. The molecular formula is C14H15NO2. The highest BCUT2D eigenvalue weighted by Crippen LogP contribution is 2.32. The molecule has 3 nitrogen and oxygen atoms in total. The zero-order valence-electron chi connectivity index (χ0n) is 10.2. The van der Waals surface area contributed by atoms with Crippen molar-refractivity contribution in [2.24, 2.45) is 0 Å². The van der Waals surface area contributed by atoms with Gasteiger partial charge in [-0.05, 0) is 44.5 Å². The molecule has 0 aliphatic carbocycles. The second-order valence-electron chi connectivity index (χ2n) is 4.40. The molecule has 1 saturated heterocycles. The Morgan fingerprint density at radius 3 is 2.65 bits per heavy atom. The van der Waals surface area contributed by atoms with Crippen LogP contribution in [-0.4, -0.2) is 17.7 Å². The smallest absolute Gasteiger partial charge is 0.256 e. The molecule has 0 aromatic heterocycles. The van der Waals surface area contributed by atoms with Crippen molar-refractivity contribution in [1.29, 1.82) is 0 Å². The molecule has 1 atom stereocenters. The first-order valence-corrected chi connectivity index (χ1v) is 5.63. The Bertz CT molecular complexity index is 517. The number of nitrogens with zero attached hydrogens (tertiary/aromatic N) is 1. The van der Waals surface area contributed by atoms with Gasteiger partial charge in [0.1, 0.15) is 0 Å². The van der Waals surface area contributed by atoms with Gasteiger partial charge in [-0.1, -0.05) is 12.1 Å². The van der Waals surface area contributed by atoms with E-state index in [-0.39, 0.29) is 17.7 Å². The van der Waals surface area contributed by atoms with Crippen molar-refractivity contribution in [3.63, 3.8) is 0 Å². The normalized spacial score (nSPS) is 21.6. The van der Waals surface area contributed by atoms with Crippen LogP contribution < -0.4 is 4.90 Å². The van der Waals surface area contributed by atoms with Crippen molar-refractivity contribution < 1.29 is 9.59 Å². The molecule has 0 spiro atoms. The lowest BCUT2D eigenvalue weighted by molar-refractivity contribution is -0.119. The molecule has 0 saturated carbocycles. The number of benzene rings is 1. The number of ketones is 1. The van der Waals surface area contributed by atoms with Gasteiger partial charge in [-0.2, -0.15) is 0 Å². The maximum atomic E-state index is 11.9. The third kappa shape index (κ3) is 2.00. The van der Waals surface area contributed by atoms with E-state index in [1.165, 1.54) is 13.0 Å². The van der Waals surface area contributed by atoms with Crippen molar-refractivity contribution >= 4 is 17.4 Å². The Morgan fingerprint density at radius 2 is 2.12 bits per heavy atom. The average molecular weight is 229 g/mol. The van der Waals surface area contributed by atoms with Crippen LogP contribution in [0.1, 0.15) is 19.4 Å². The Labute approximate surface area is 101 Å². The van der Waals surface area contributed by atoms with Gasteiger partial charge in [0.25, 0.3) is 5.91 Å². The largest absolute Gasteiger partial charge is 0.301 e. The minimum atomic E-state index is -0.0795. The second-order valence-corrected chi connectivity index (χ2v) is 4.40. The molecule has 1 unspecified atom stereocenters. The third-order valence-electron chi connectivity index (χ3n) is 2.94. The van der Waals surface area contributed by atoms with Crippen LogP contribution in [0.3, 0.4) is 0 Å². The number of carbonyl (C=O) groups excluding carboxylic acids is 2. The number of amides is 1. The Balaban J connectivity index is 2.28. The molecule has 1 heterocycles. The van der Waals surface area contributed by atoms with Crippen molar-refractivity contribution in [1.82, 2.24) is 0 Å². The van der Waals surface area contributed by atoms with E-state index in [2.05, 4.69) is 0 Å². The maximum absolute atomic E-state index is 11.9. The van der Waals surface area contributed by atoms with Gasteiger partial charge in [0.05, 0.1) is 6.04 Å². The zero-order chi connectivity index (χ0) is 12.6. The fraction of sp³-hybridized carbons (Fsp3) is 0.286. The van der Waals surface area contributed by atoms with Crippen molar-refractivity contribution in [2.75, 3.05) is 4.90 Å². The van der Waals surface area contributed by atoms with Crippen LogP contribution in [0.5, 0.6) is 0 Å². The van der Waals surface area contributed by atoms with Crippen LogP contribution in [0.25, 0.3) is 0 Å². The molecule has 0 radical (unpaired) electrons. The molecule has 1 aromatic carbocycles. The highest BCUT2D eigenvalue weighted by atomic mass is 16.2. The summed E-state index contributed by atoms with van der Waals surface area (Å²) < 4.78 is 0. The topological polar surface area (TPSA) is 37.4 Å². The SMILES string of the molecule is CC(=O)/C=C1/C(=O)N(c2cccc(C)c2)C1C. The lowest BCUT2D eigenvalue weighted by Crippen LogP contribution is -2.54. The van der Waals surface area contributed by atoms with E-state index in [0.29, 0.717) is 5.57 Å². The highest BCUT2D eigenvalue weighted by Gasteiger charge is 2.39. The van der Waals surface area contributed by atoms with Crippen LogP contribution in [0.2, 0.25) is 0 Å². The molecule has 1 aromatic rings. The number of hydrogen-bond acceptors (Lipinski definition) is 2. The van der Waals surface area contributed by atoms with E-state index in [4.69, 9.17) is 0 Å². The van der Waals surface area contributed by atoms with Gasteiger partial charge in [-0.15, -0.1) is 0 Å². The van der Waals surface area contributed by atoms with E-state index in [9.17, 15) is 9.59 Å². The predicted molar refractivity (Wildman–Crippen MR) is 66.9 cm³/mol. The van der Waals surface area contributed by atoms with E-state index in [0.717, 1.165) is 11.3 Å². The first kappa shape index (κ1) is 11.6. The van der Waals surface area contributed by atoms with Gasteiger partial charge in [0.2, 0.25) is 0 Å². The monoisotopic (exact) mass is 229 g/mol. The van der Waals surface area contributed by atoms with Gasteiger partial charge in [-0.3, -0.25) is 9.59 Å². The molecule has 0 N–H and O–H groups in total. The summed E-state index contributed by atoms with van der Waals surface area (Å²) in [6.45, 7) is 5.38. The lowest BCUT2D eigenvalue weighted by Gasteiger charge is -2.40. The molecular weight excluding hydrogens is 214 g/mol. The summed E-state index contributed by atoms with van der Waals surface area (Å²) in [6.07, 6.45) is 1.43. The third-order valence-corrected chi connectivity index (χ3v) is 2.94. The molecule has 1 aliphatic rings. The number of aryl methyl sites for hydroxylation is 1. The van der Waals surface area contributed by atoms with Gasteiger partial charge in [0, 0.05) is 11.3 Å². The average Bonchev–Trinajstić information content (AvgIpc) is 2.26. The lowest BCUT2D eigenvalue weighted by atomic mass is 9.93. The predicted octanol–water partition coefficient (Wildman–Crippen LogP) is 2.25. The second kappa shape index (κ2) is 4.17. The van der Waals surface area contributed by atoms with Crippen LogP contribution in [0.15, 0.2) is 35.9 Å². The Kier molecular flexibility index (Phi) is 2.84. The Hall–Kier alpha value is -1.90. The van der Waals surface area contributed by atoms with Crippen molar-refractivity contribution in [3.8, 4) is 0 Å². The molecule has 2 rings (SSSR count). The fourth-order valence-electron chi connectivity index (χ4n) is 2.09. The zero-order valence-corrected chi connectivity index (χ0v) is 10.2. The standard InChI is InChI=1S/C14H15NO2/c1-9-5-4-6-12(7-9)15-11(3)13(14(15)17)8-10(2)16/h4-8,11H,1-3H3/b13-8+. The summed E-state index contributed by atoms with van der Waals surface area (Å²) in [5.41, 5.74) is 2.61. The molecule has 17 heavy (non-hydrogen) atoms. The van der Waals surface area contributed by atoms with Crippen LogP contribution in [0.4, 0.5) is 5.69 Å². The fourth-order valence-corrected chi connectivity index (χ4v) is 2.09. The molecule has 1 aliphatic heterocycles. The minimum absolute atomic E-state index is 0.0202. The summed E-state index contributed by atoms with van der Waals surface area (Å²) in [4.78, 5) is 24.6. The molecule has 0 bridgehead atoms. The number of carbonyl (C=O) groups is 2. The molecule has 88 valence electrons. The molecule has 3 heteroatoms. The summed E-state index contributed by atoms with van der Waals surface area (Å²) in [7, 11) is 0. The summed E-state index contributed by atoms with van der Waals surface area (Å²) in [5, 5.41) is 0. The maximum Gasteiger partial charge on any atom is 0.256 e. The van der Waals surface area contributed by atoms with Gasteiger partial charge in [0.15, 0.2) is 5.78 Å². The minimum Gasteiger partial charge on any atom is -0.301 e. The van der Waals surface area contributed by atoms with Gasteiger partial charge < -0.3 is 4.90 Å². The quantitative estimate of drug-likeness (QED) is 0.576. The van der Waals surface area contributed by atoms with Crippen LogP contribution >= 0.6 is 0 Å². The first-order chi connectivity index (χ1) is 8.00.